The maximum Gasteiger partial charge on any atom is 0.328 e. The Balaban J connectivity index is 1.83. The van der Waals surface area contributed by atoms with Gasteiger partial charge in [-0.2, -0.15) is 0 Å². The summed E-state index contributed by atoms with van der Waals surface area (Å²) in [5.41, 5.74) is 0.392. The molecule has 2 heterocycles. The number of rotatable bonds is 4. The van der Waals surface area contributed by atoms with Crippen LogP contribution in [0.25, 0.3) is 0 Å². The van der Waals surface area contributed by atoms with Crippen LogP contribution in [0.3, 0.4) is 0 Å². The summed E-state index contributed by atoms with van der Waals surface area (Å²) in [6.45, 7) is 3.59. The lowest BCUT2D eigenvalue weighted by atomic mass is 10.1. The summed E-state index contributed by atoms with van der Waals surface area (Å²) in [5, 5.41) is 0. The largest absolute Gasteiger partial charge is 0.485 e. The Hall–Kier alpha value is -2.83. The van der Waals surface area contributed by atoms with Crippen LogP contribution >= 0.6 is 0 Å². The van der Waals surface area contributed by atoms with E-state index in [0.29, 0.717) is 17.1 Å². The molecular weight excluding hydrogens is 341 g/mol. The van der Waals surface area contributed by atoms with E-state index >= 15 is 0 Å². The van der Waals surface area contributed by atoms with Gasteiger partial charge in [0.1, 0.15) is 23.7 Å². The van der Waals surface area contributed by atoms with Crippen molar-refractivity contribution in [1.29, 1.82) is 0 Å². The summed E-state index contributed by atoms with van der Waals surface area (Å²) in [4.78, 5) is 26.4. The lowest BCUT2D eigenvalue weighted by molar-refractivity contribution is -0.145. The second-order valence-corrected chi connectivity index (χ2v) is 6.23. The Kier molecular flexibility index (Phi) is 4.97. The van der Waals surface area contributed by atoms with Crippen molar-refractivity contribution in [3.63, 3.8) is 0 Å². The molecule has 1 aromatic carbocycles. The SMILES string of the molecule is COC(=O)[C@H]1C[C@H](Oc2ccccc2F)CN1C(=O)c1cc(C)oc1C. The fourth-order valence-electron chi connectivity index (χ4n) is 3.18. The molecule has 0 unspecified atom stereocenters. The molecule has 6 nitrogen and oxygen atoms in total. The summed E-state index contributed by atoms with van der Waals surface area (Å²) < 4.78 is 29.7. The molecular formula is C19H20FNO5. The number of nitrogens with zero attached hydrogens (tertiary/aromatic N) is 1. The van der Waals surface area contributed by atoms with Crippen molar-refractivity contribution in [2.24, 2.45) is 0 Å². The van der Waals surface area contributed by atoms with Crippen LogP contribution in [0.2, 0.25) is 0 Å². The minimum Gasteiger partial charge on any atom is -0.485 e. The van der Waals surface area contributed by atoms with E-state index in [-0.39, 0.29) is 24.6 Å². The quantitative estimate of drug-likeness (QED) is 0.784. The molecule has 3 rings (SSSR count). The highest BCUT2D eigenvalue weighted by Gasteiger charge is 2.42. The van der Waals surface area contributed by atoms with Gasteiger partial charge < -0.3 is 18.8 Å². The van der Waals surface area contributed by atoms with Crippen LogP contribution in [0.1, 0.15) is 28.3 Å². The number of carbonyl (C=O) groups is 2. The van der Waals surface area contributed by atoms with Gasteiger partial charge in [0.2, 0.25) is 0 Å². The topological polar surface area (TPSA) is 69.0 Å². The monoisotopic (exact) mass is 361 g/mol. The number of methoxy groups -OCH3 is 1. The number of aryl methyl sites for hydroxylation is 2. The molecule has 1 fully saturated rings. The Morgan fingerprint density at radius 1 is 1.27 bits per heavy atom. The standard InChI is InChI=1S/C19H20FNO5/c1-11-8-14(12(2)25-11)18(22)21-10-13(9-16(21)19(23)24-3)26-17-7-5-4-6-15(17)20/h4-8,13,16H,9-10H2,1-3H3/t13-,16+/m0/s1. The average Bonchev–Trinajstić information content (AvgIpc) is 3.18. The van der Waals surface area contributed by atoms with Crippen molar-refractivity contribution in [1.82, 2.24) is 4.90 Å². The first kappa shape index (κ1) is 18.0. The molecule has 1 saturated heterocycles. The van der Waals surface area contributed by atoms with Crippen LogP contribution in [0.5, 0.6) is 5.75 Å². The van der Waals surface area contributed by atoms with E-state index < -0.39 is 23.9 Å². The van der Waals surface area contributed by atoms with Crippen molar-refractivity contribution in [3.8, 4) is 5.75 Å². The van der Waals surface area contributed by atoms with Crippen LogP contribution in [-0.2, 0) is 9.53 Å². The number of ether oxygens (including phenoxy) is 2. The lowest BCUT2D eigenvalue weighted by Crippen LogP contribution is -2.41. The molecule has 0 saturated carbocycles. The fraction of sp³-hybridized carbons (Fsp3) is 0.368. The predicted octanol–water partition coefficient (Wildman–Crippen LogP) is 2.87. The molecule has 0 bridgehead atoms. The van der Waals surface area contributed by atoms with Gasteiger partial charge in [-0.3, -0.25) is 4.79 Å². The molecule has 1 amide bonds. The van der Waals surface area contributed by atoms with Crippen molar-refractivity contribution >= 4 is 11.9 Å². The van der Waals surface area contributed by atoms with Gasteiger partial charge in [-0.15, -0.1) is 0 Å². The zero-order chi connectivity index (χ0) is 18.8. The maximum atomic E-state index is 13.8. The molecule has 7 heteroatoms. The summed E-state index contributed by atoms with van der Waals surface area (Å²) in [7, 11) is 1.27. The number of likely N-dealkylation sites (tertiary alicyclic amines) is 1. The maximum absolute atomic E-state index is 13.8. The Morgan fingerprint density at radius 2 is 2.00 bits per heavy atom. The average molecular weight is 361 g/mol. The van der Waals surface area contributed by atoms with E-state index in [0.717, 1.165) is 0 Å². The van der Waals surface area contributed by atoms with E-state index in [4.69, 9.17) is 13.9 Å². The lowest BCUT2D eigenvalue weighted by Gasteiger charge is -2.22. The molecule has 26 heavy (non-hydrogen) atoms. The number of amides is 1. The number of benzene rings is 1. The highest BCUT2D eigenvalue weighted by Crippen LogP contribution is 2.28. The van der Waals surface area contributed by atoms with Gasteiger partial charge in [0.05, 0.1) is 19.2 Å². The van der Waals surface area contributed by atoms with Crippen molar-refractivity contribution in [2.75, 3.05) is 13.7 Å². The third-order valence-corrected chi connectivity index (χ3v) is 4.40. The zero-order valence-corrected chi connectivity index (χ0v) is 14.8. The van der Waals surface area contributed by atoms with Crippen molar-refractivity contribution in [2.45, 2.75) is 32.4 Å². The van der Waals surface area contributed by atoms with Gasteiger partial charge in [-0.1, -0.05) is 12.1 Å². The molecule has 2 atom stereocenters. The van der Waals surface area contributed by atoms with Crippen LogP contribution < -0.4 is 4.74 Å². The van der Waals surface area contributed by atoms with Gasteiger partial charge in [-0.05, 0) is 32.0 Å². The number of hydrogen-bond acceptors (Lipinski definition) is 5. The van der Waals surface area contributed by atoms with Crippen LogP contribution in [0.4, 0.5) is 4.39 Å². The number of halogens is 1. The molecule has 1 aliphatic heterocycles. The molecule has 1 aliphatic rings. The molecule has 2 aromatic rings. The van der Waals surface area contributed by atoms with Gasteiger partial charge in [0.15, 0.2) is 11.6 Å². The van der Waals surface area contributed by atoms with E-state index in [1.165, 1.54) is 24.1 Å². The zero-order valence-electron chi connectivity index (χ0n) is 14.8. The van der Waals surface area contributed by atoms with Crippen LogP contribution in [-0.4, -0.2) is 42.6 Å². The third kappa shape index (κ3) is 3.42. The molecule has 1 aromatic heterocycles. The second kappa shape index (κ2) is 7.19. The van der Waals surface area contributed by atoms with Gasteiger partial charge in [0.25, 0.3) is 5.91 Å². The highest BCUT2D eigenvalue weighted by atomic mass is 19.1. The molecule has 138 valence electrons. The van der Waals surface area contributed by atoms with E-state index in [1.54, 1.807) is 32.0 Å². The van der Waals surface area contributed by atoms with Crippen LogP contribution in [0.15, 0.2) is 34.7 Å². The first-order valence-electron chi connectivity index (χ1n) is 8.27. The van der Waals surface area contributed by atoms with Gasteiger partial charge in [-0.25, -0.2) is 9.18 Å². The second-order valence-electron chi connectivity index (χ2n) is 6.23. The van der Waals surface area contributed by atoms with Crippen molar-refractivity contribution in [3.05, 3.63) is 53.2 Å². The number of furan rings is 1. The Labute approximate surface area is 150 Å². The van der Waals surface area contributed by atoms with Crippen molar-refractivity contribution < 1.29 is 27.9 Å². The van der Waals surface area contributed by atoms with E-state index in [9.17, 15) is 14.0 Å². The molecule has 0 N–H and O–H groups in total. The van der Waals surface area contributed by atoms with E-state index in [1.807, 2.05) is 0 Å². The first-order chi connectivity index (χ1) is 12.4. The first-order valence-corrected chi connectivity index (χ1v) is 8.27. The van der Waals surface area contributed by atoms with Gasteiger partial charge >= 0.3 is 5.97 Å². The Bertz CT molecular complexity index is 831. The predicted molar refractivity (Wildman–Crippen MR) is 90.5 cm³/mol. The summed E-state index contributed by atoms with van der Waals surface area (Å²) in [6.07, 6.45) is -0.295. The molecule has 0 spiro atoms. The number of hydrogen-bond donors (Lipinski definition) is 0. The highest BCUT2D eigenvalue weighted by molar-refractivity contribution is 5.98. The minimum atomic E-state index is -0.793. The number of esters is 1. The summed E-state index contributed by atoms with van der Waals surface area (Å²) >= 11 is 0. The normalized spacial score (nSPS) is 19.5. The summed E-state index contributed by atoms with van der Waals surface area (Å²) in [6, 6.07) is 6.87. The minimum absolute atomic E-state index is 0.0887. The number of carbonyl (C=O) groups excluding carboxylic acids is 2. The Morgan fingerprint density at radius 3 is 2.62 bits per heavy atom. The van der Waals surface area contributed by atoms with Crippen LogP contribution in [0, 0.1) is 19.7 Å². The van der Waals surface area contributed by atoms with Gasteiger partial charge in [0, 0.05) is 6.42 Å². The third-order valence-electron chi connectivity index (χ3n) is 4.40. The van der Waals surface area contributed by atoms with E-state index in [2.05, 4.69) is 0 Å². The fourth-order valence-corrected chi connectivity index (χ4v) is 3.18. The smallest absolute Gasteiger partial charge is 0.328 e. The molecule has 0 aliphatic carbocycles. The number of para-hydroxylation sites is 1. The summed E-state index contributed by atoms with van der Waals surface area (Å²) in [5.74, 6) is -0.183. The molecule has 0 radical (unpaired) electrons.